The zero-order valence-corrected chi connectivity index (χ0v) is 13.6. The molecule has 0 bridgehead atoms. The molecule has 0 fully saturated rings. The molecule has 0 saturated carbocycles. The molecule has 0 aliphatic heterocycles. The molecule has 1 amide bonds. The van der Waals surface area contributed by atoms with E-state index < -0.39 is 5.97 Å². The number of hydrogen-bond donors (Lipinski definition) is 1. The highest BCUT2D eigenvalue weighted by molar-refractivity contribution is 5.79. The van der Waals surface area contributed by atoms with Gasteiger partial charge in [-0.2, -0.15) is 0 Å². The molecular formula is C19H20NO4-. The molecule has 5 heteroatoms. The fourth-order valence-corrected chi connectivity index (χ4v) is 2.06. The van der Waals surface area contributed by atoms with Gasteiger partial charge in [-0.3, -0.25) is 4.79 Å². The van der Waals surface area contributed by atoms with Crippen molar-refractivity contribution in [2.24, 2.45) is 0 Å². The Labute approximate surface area is 141 Å². The standard InChI is InChI=1S/C19H21NO4/c1-14-2-4-16(5-3-14)13-24-17-8-6-15(7-9-17)12-20-18(21)10-11-19(22)23/h2-9H,10-13H2,1H3,(H,20,21)(H,22,23)/p-1. The van der Waals surface area contributed by atoms with Crippen molar-refractivity contribution in [1.29, 1.82) is 0 Å². The molecule has 2 aromatic rings. The van der Waals surface area contributed by atoms with Gasteiger partial charge in [0.1, 0.15) is 12.4 Å². The lowest BCUT2D eigenvalue weighted by Gasteiger charge is -2.09. The summed E-state index contributed by atoms with van der Waals surface area (Å²) in [7, 11) is 0. The Morgan fingerprint density at radius 3 is 2.21 bits per heavy atom. The lowest BCUT2D eigenvalue weighted by Crippen LogP contribution is -2.27. The van der Waals surface area contributed by atoms with Crippen LogP contribution in [0.4, 0.5) is 0 Å². The molecule has 0 radical (unpaired) electrons. The number of carbonyl (C=O) groups excluding carboxylic acids is 2. The van der Waals surface area contributed by atoms with Crippen LogP contribution in [0.15, 0.2) is 48.5 Å². The van der Waals surface area contributed by atoms with Gasteiger partial charge in [-0.1, -0.05) is 42.0 Å². The van der Waals surface area contributed by atoms with Gasteiger partial charge in [0.15, 0.2) is 0 Å². The van der Waals surface area contributed by atoms with Gasteiger partial charge in [0, 0.05) is 18.9 Å². The molecule has 0 unspecified atom stereocenters. The molecule has 0 aliphatic carbocycles. The van der Waals surface area contributed by atoms with Crippen LogP contribution in [0.25, 0.3) is 0 Å². The molecule has 1 N–H and O–H groups in total. The maximum atomic E-state index is 11.4. The third-order valence-electron chi connectivity index (χ3n) is 3.50. The molecule has 24 heavy (non-hydrogen) atoms. The highest BCUT2D eigenvalue weighted by Gasteiger charge is 2.02. The first-order valence-electron chi connectivity index (χ1n) is 7.77. The van der Waals surface area contributed by atoms with E-state index in [4.69, 9.17) is 4.74 Å². The minimum Gasteiger partial charge on any atom is -0.550 e. The predicted octanol–water partition coefficient (Wildman–Crippen LogP) is 1.72. The summed E-state index contributed by atoms with van der Waals surface area (Å²) in [5, 5.41) is 13.0. The number of carbonyl (C=O) groups is 2. The Bertz CT molecular complexity index is 678. The number of aryl methyl sites for hydroxylation is 1. The fraction of sp³-hybridized carbons (Fsp3) is 0.263. The lowest BCUT2D eigenvalue weighted by atomic mass is 10.2. The second-order valence-electron chi connectivity index (χ2n) is 5.57. The zero-order valence-electron chi connectivity index (χ0n) is 13.6. The van der Waals surface area contributed by atoms with Crippen LogP contribution in [0.5, 0.6) is 5.75 Å². The molecule has 126 valence electrons. The summed E-state index contributed by atoms with van der Waals surface area (Å²) in [6.45, 7) is 2.89. The molecular weight excluding hydrogens is 306 g/mol. The number of carboxylic acids is 1. The van der Waals surface area contributed by atoms with Crippen molar-refractivity contribution >= 4 is 11.9 Å². The quantitative estimate of drug-likeness (QED) is 0.801. The highest BCUT2D eigenvalue weighted by atomic mass is 16.5. The van der Waals surface area contributed by atoms with Crippen LogP contribution in [0.2, 0.25) is 0 Å². The number of benzene rings is 2. The predicted molar refractivity (Wildman–Crippen MR) is 88.0 cm³/mol. The second-order valence-corrected chi connectivity index (χ2v) is 5.57. The van der Waals surface area contributed by atoms with Crippen LogP contribution in [0.3, 0.4) is 0 Å². The Morgan fingerprint density at radius 1 is 0.958 bits per heavy atom. The van der Waals surface area contributed by atoms with Crippen molar-refractivity contribution in [2.75, 3.05) is 0 Å². The van der Waals surface area contributed by atoms with E-state index in [-0.39, 0.29) is 18.7 Å². The molecule has 0 saturated heterocycles. The van der Waals surface area contributed by atoms with Crippen LogP contribution < -0.4 is 15.2 Å². The largest absolute Gasteiger partial charge is 0.550 e. The SMILES string of the molecule is Cc1ccc(COc2ccc(CNC(=O)CCC(=O)[O-])cc2)cc1. The fourth-order valence-electron chi connectivity index (χ4n) is 2.06. The molecule has 2 rings (SSSR count). The Hall–Kier alpha value is -2.82. The van der Waals surface area contributed by atoms with Crippen LogP contribution in [-0.2, 0) is 22.7 Å². The van der Waals surface area contributed by atoms with Crippen LogP contribution in [0.1, 0.15) is 29.5 Å². The molecule has 0 aliphatic rings. The summed E-state index contributed by atoms with van der Waals surface area (Å²) >= 11 is 0. The van der Waals surface area contributed by atoms with Crippen molar-refractivity contribution < 1.29 is 19.4 Å². The summed E-state index contributed by atoms with van der Waals surface area (Å²) in [5.74, 6) is -0.776. The first kappa shape index (κ1) is 17.5. The van der Waals surface area contributed by atoms with Crippen molar-refractivity contribution in [2.45, 2.75) is 32.9 Å². The van der Waals surface area contributed by atoms with Gasteiger partial charge in [0.05, 0.1) is 0 Å². The van der Waals surface area contributed by atoms with E-state index in [2.05, 4.69) is 5.32 Å². The van der Waals surface area contributed by atoms with Gasteiger partial charge in [-0.15, -0.1) is 0 Å². The van der Waals surface area contributed by atoms with Gasteiger partial charge in [-0.25, -0.2) is 0 Å². The summed E-state index contributed by atoms with van der Waals surface area (Å²) in [6, 6.07) is 15.6. The van der Waals surface area contributed by atoms with E-state index >= 15 is 0 Å². The third kappa shape index (κ3) is 6.12. The van der Waals surface area contributed by atoms with Gasteiger partial charge >= 0.3 is 0 Å². The number of rotatable bonds is 8. The maximum absolute atomic E-state index is 11.4. The average Bonchev–Trinajstić information content (AvgIpc) is 2.58. The molecule has 0 heterocycles. The first-order valence-corrected chi connectivity index (χ1v) is 7.77. The number of carboxylic acid groups (broad SMARTS) is 1. The smallest absolute Gasteiger partial charge is 0.220 e. The molecule has 0 aromatic heterocycles. The summed E-state index contributed by atoms with van der Waals surface area (Å²) in [6.07, 6.45) is -0.336. The van der Waals surface area contributed by atoms with Gasteiger partial charge in [0.2, 0.25) is 5.91 Å². The highest BCUT2D eigenvalue weighted by Crippen LogP contribution is 2.14. The monoisotopic (exact) mass is 326 g/mol. The van der Waals surface area contributed by atoms with Crippen molar-refractivity contribution in [3.8, 4) is 5.75 Å². The van der Waals surface area contributed by atoms with E-state index in [1.807, 2.05) is 55.5 Å². The molecule has 0 spiro atoms. The van der Waals surface area contributed by atoms with Crippen LogP contribution in [-0.4, -0.2) is 11.9 Å². The van der Waals surface area contributed by atoms with Gasteiger partial charge < -0.3 is 20.0 Å². The van der Waals surface area contributed by atoms with E-state index in [1.54, 1.807) is 0 Å². The molecule has 2 aromatic carbocycles. The summed E-state index contributed by atoms with van der Waals surface area (Å²) < 4.78 is 5.72. The normalized spacial score (nSPS) is 10.2. The Balaban J connectivity index is 1.77. The topological polar surface area (TPSA) is 78.5 Å². The lowest BCUT2D eigenvalue weighted by molar-refractivity contribution is -0.305. The first-order chi connectivity index (χ1) is 11.5. The van der Waals surface area contributed by atoms with Gasteiger partial charge in [0.25, 0.3) is 0 Å². The third-order valence-corrected chi connectivity index (χ3v) is 3.50. The number of ether oxygens (including phenoxy) is 1. The number of nitrogens with one attached hydrogen (secondary N) is 1. The van der Waals surface area contributed by atoms with Crippen molar-refractivity contribution in [1.82, 2.24) is 5.32 Å². The summed E-state index contributed by atoms with van der Waals surface area (Å²) in [5.41, 5.74) is 3.23. The minimum atomic E-state index is -1.22. The second kappa shape index (κ2) is 8.72. The number of amides is 1. The number of hydrogen-bond acceptors (Lipinski definition) is 4. The van der Waals surface area contributed by atoms with E-state index in [1.165, 1.54) is 5.56 Å². The van der Waals surface area contributed by atoms with Gasteiger partial charge in [-0.05, 0) is 36.6 Å². The van der Waals surface area contributed by atoms with Crippen molar-refractivity contribution in [3.63, 3.8) is 0 Å². The average molecular weight is 326 g/mol. The minimum absolute atomic E-state index is 0.0694. The molecule has 0 atom stereocenters. The van der Waals surface area contributed by atoms with E-state index in [0.29, 0.717) is 13.2 Å². The maximum Gasteiger partial charge on any atom is 0.220 e. The van der Waals surface area contributed by atoms with E-state index in [0.717, 1.165) is 16.9 Å². The Kier molecular flexibility index (Phi) is 6.37. The van der Waals surface area contributed by atoms with Crippen molar-refractivity contribution in [3.05, 3.63) is 65.2 Å². The van der Waals surface area contributed by atoms with Crippen LogP contribution in [0, 0.1) is 6.92 Å². The van der Waals surface area contributed by atoms with E-state index in [9.17, 15) is 14.7 Å². The number of aliphatic carboxylic acids is 1. The molecule has 5 nitrogen and oxygen atoms in total. The summed E-state index contributed by atoms with van der Waals surface area (Å²) in [4.78, 5) is 21.7. The van der Waals surface area contributed by atoms with Crippen LogP contribution >= 0.6 is 0 Å². The zero-order chi connectivity index (χ0) is 17.4. The Morgan fingerprint density at radius 2 is 1.58 bits per heavy atom.